The zero-order chi connectivity index (χ0) is 8.97. The largest absolute Gasteiger partial charge is 0.103 e. The van der Waals surface area contributed by atoms with Crippen LogP contribution in [0.1, 0.15) is 46.0 Å². The minimum atomic E-state index is 0.976. The second-order valence-electron chi connectivity index (χ2n) is 4.14. The van der Waals surface area contributed by atoms with Crippen molar-refractivity contribution in [3.8, 4) is 0 Å². The average Bonchev–Trinajstić information content (AvgIpc) is 2.03. The Kier molecular flexibility index (Phi) is 3.84. The third-order valence-electron chi connectivity index (χ3n) is 3.42. The maximum atomic E-state index is 3.82. The highest BCUT2D eigenvalue weighted by Gasteiger charge is 2.37. The van der Waals surface area contributed by atoms with Gasteiger partial charge in [-0.2, -0.15) is 0 Å². The molecule has 0 saturated heterocycles. The van der Waals surface area contributed by atoms with Crippen LogP contribution < -0.4 is 0 Å². The molecule has 12 heavy (non-hydrogen) atoms. The summed E-state index contributed by atoms with van der Waals surface area (Å²) in [6.45, 7) is 8.46. The highest BCUT2D eigenvalue weighted by Crippen LogP contribution is 2.46. The van der Waals surface area contributed by atoms with Gasteiger partial charge >= 0.3 is 0 Å². The molecule has 0 aromatic carbocycles. The molecule has 3 unspecified atom stereocenters. The molecule has 0 aromatic heterocycles. The van der Waals surface area contributed by atoms with E-state index in [1.54, 1.807) is 0 Å². The van der Waals surface area contributed by atoms with Crippen LogP contribution in [0.3, 0.4) is 0 Å². The van der Waals surface area contributed by atoms with Gasteiger partial charge in [0.1, 0.15) is 0 Å². The topological polar surface area (TPSA) is 0 Å². The zero-order valence-electron chi connectivity index (χ0n) is 8.55. The summed E-state index contributed by atoms with van der Waals surface area (Å²) in [5.41, 5.74) is 0. The van der Waals surface area contributed by atoms with E-state index in [1.807, 2.05) is 0 Å². The molecule has 0 amide bonds. The molecule has 1 rings (SSSR count). The Bertz CT molecular complexity index is 137. The molecule has 1 saturated carbocycles. The van der Waals surface area contributed by atoms with E-state index in [1.165, 1.54) is 32.1 Å². The maximum Gasteiger partial charge on any atom is -0.0322 e. The lowest BCUT2D eigenvalue weighted by atomic mass is 9.61. The molecule has 0 aliphatic heterocycles. The van der Waals surface area contributed by atoms with Gasteiger partial charge in [-0.1, -0.05) is 39.2 Å². The van der Waals surface area contributed by atoms with Crippen molar-refractivity contribution >= 4 is 0 Å². The number of allylic oxidation sites excluding steroid dienone is 1. The first-order valence-corrected chi connectivity index (χ1v) is 5.44. The molecule has 3 atom stereocenters. The third-order valence-corrected chi connectivity index (χ3v) is 3.42. The lowest BCUT2D eigenvalue weighted by Crippen LogP contribution is -2.35. The summed E-state index contributed by atoms with van der Waals surface area (Å²) in [7, 11) is 0. The van der Waals surface area contributed by atoms with E-state index in [0.29, 0.717) is 0 Å². The molecule has 0 heteroatoms. The van der Waals surface area contributed by atoms with Gasteiger partial charge in [0.05, 0.1) is 0 Å². The van der Waals surface area contributed by atoms with Crippen molar-refractivity contribution in [1.82, 2.24) is 0 Å². The summed E-state index contributed by atoms with van der Waals surface area (Å²) < 4.78 is 0. The highest BCUT2D eigenvalue weighted by molar-refractivity contribution is 4.91. The van der Waals surface area contributed by atoms with Crippen LogP contribution in [0.4, 0.5) is 0 Å². The number of hydrogen-bond donors (Lipinski definition) is 0. The molecule has 1 aliphatic rings. The lowest BCUT2D eigenvalue weighted by molar-refractivity contribution is 0.0619. The first kappa shape index (κ1) is 9.83. The predicted molar refractivity (Wildman–Crippen MR) is 55.1 cm³/mol. The minimum Gasteiger partial charge on any atom is -0.103 e. The summed E-state index contributed by atoms with van der Waals surface area (Å²) in [6.07, 6.45) is 9.00. The van der Waals surface area contributed by atoms with Gasteiger partial charge in [0.2, 0.25) is 0 Å². The van der Waals surface area contributed by atoms with Crippen molar-refractivity contribution in [2.45, 2.75) is 46.0 Å². The van der Waals surface area contributed by atoms with Gasteiger partial charge in [-0.15, -0.1) is 6.58 Å². The van der Waals surface area contributed by atoms with Crippen LogP contribution in [0.5, 0.6) is 0 Å². The molecule has 0 radical (unpaired) electrons. The van der Waals surface area contributed by atoms with Crippen LogP contribution in [-0.2, 0) is 0 Å². The normalized spacial score (nSPS) is 34.3. The van der Waals surface area contributed by atoms with E-state index in [4.69, 9.17) is 0 Å². The van der Waals surface area contributed by atoms with Crippen LogP contribution in [0, 0.1) is 17.8 Å². The van der Waals surface area contributed by atoms with Crippen molar-refractivity contribution < 1.29 is 0 Å². The summed E-state index contributed by atoms with van der Waals surface area (Å²) in [5.74, 6) is 3.04. The fourth-order valence-corrected chi connectivity index (χ4v) is 2.78. The average molecular weight is 166 g/mol. The van der Waals surface area contributed by atoms with Gasteiger partial charge in [0, 0.05) is 0 Å². The van der Waals surface area contributed by atoms with E-state index in [2.05, 4.69) is 26.5 Å². The second kappa shape index (κ2) is 4.69. The molecule has 0 bridgehead atoms. The summed E-state index contributed by atoms with van der Waals surface area (Å²) in [6, 6.07) is 0. The Labute approximate surface area is 77.1 Å². The van der Waals surface area contributed by atoms with Gasteiger partial charge < -0.3 is 0 Å². The first-order valence-electron chi connectivity index (χ1n) is 5.44. The molecule has 0 nitrogen and oxygen atoms in total. The maximum absolute atomic E-state index is 3.82. The fraction of sp³-hybridized carbons (Fsp3) is 0.833. The third kappa shape index (κ3) is 1.91. The zero-order valence-corrected chi connectivity index (χ0v) is 8.55. The number of rotatable bonds is 5. The Morgan fingerprint density at radius 3 is 2.58 bits per heavy atom. The van der Waals surface area contributed by atoms with Crippen LogP contribution in [0.2, 0.25) is 0 Å². The van der Waals surface area contributed by atoms with Gasteiger partial charge in [-0.05, 0) is 30.6 Å². The Balaban J connectivity index is 2.29. The fourth-order valence-electron chi connectivity index (χ4n) is 2.78. The van der Waals surface area contributed by atoms with Gasteiger partial charge in [0.15, 0.2) is 0 Å². The van der Waals surface area contributed by atoms with E-state index in [-0.39, 0.29) is 0 Å². The number of hydrogen-bond acceptors (Lipinski definition) is 0. The van der Waals surface area contributed by atoms with Crippen molar-refractivity contribution in [2.75, 3.05) is 0 Å². The molecular formula is C12H22. The van der Waals surface area contributed by atoms with Gasteiger partial charge in [0.25, 0.3) is 0 Å². The molecule has 70 valence electrons. The smallest absolute Gasteiger partial charge is 0.0322 e. The van der Waals surface area contributed by atoms with Crippen molar-refractivity contribution in [3.63, 3.8) is 0 Å². The summed E-state index contributed by atoms with van der Waals surface area (Å²) in [4.78, 5) is 0. The Morgan fingerprint density at radius 2 is 2.08 bits per heavy atom. The molecule has 1 aliphatic carbocycles. The van der Waals surface area contributed by atoms with Crippen LogP contribution in [0.25, 0.3) is 0 Å². The van der Waals surface area contributed by atoms with Crippen molar-refractivity contribution in [1.29, 1.82) is 0 Å². The molecule has 0 spiro atoms. The predicted octanol–water partition coefficient (Wildman–Crippen LogP) is 4.02. The molecular weight excluding hydrogens is 144 g/mol. The first-order chi connectivity index (χ1) is 5.83. The van der Waals surface area contributed by atoms with E-state index >= 15 is 0 Å². The standard InChI is InChI=1S/C12H22/c1-4-7-10-9-11(8-5-2)12(10)6-3/h4,10-12H,1,5-9H2,2-3H3. The molecule has 0 N–H and O–H groups in total. The molecule has 1 fully saturated rings. The van der Waals surface area contributed by atoms with Crippen LogP contribution in [0.15, 0.2) is 12.7 Å². The Hall–Kier alpha value is -0.260. The highest BCUT2D eigenvalue weighted by atomic mass is 14.4. The van der Waals surface area contributed by atoms with Gasteiger partial charge in [-0.25, -0.2) is 0 Å². The van der Waals surface area contributed by atoms with Crippen LogP contribution >= 0.6 is 0 Å². The minimum absolute atomic E-state index is 0.976. The lowest BCUT2D eigenvalue weighted by Gasteiger charge is -2.44. The van der Waals surface area contributed by atoms with E-state index < -0.39 is 0 Å². The second-order valence-corrected chi connectivity index (χ2v) is 4.14. The SMILES string of the molecule is C=CCC1CC(CCC)C1CC. The van der Waals surface area contributed by atoms with Crippen molar-refractivity contribution in [2.24, 2.45) is 17.8 Å². The molecule has 0 aromatic rings. The summed E-state index contributed by atoms with van der Waals surface area (Å²) in [5, 5.41) is 0. The summed E-state index contributed by atoms with van der Waals surface area (Å²) >= 11 is 0. The Morgan fingerprint density at radius 1 is 1.33 bits per heavy atom. The quantitative estimate of drug-likeness (QED) is 0.541. The van der Waals surface area contributed by atoms with Gasteiger partial charge in [-0.3, -0.25) is 0 Å². The molecule has 0 heterocycles. The van der Waals surface area contributed by atoms with Crippen LogP contribution in [-0.4, -0.2) is 0 Å². The van der Waals surface area contributed by atoms with E-state index in [9.17, 15) is 0 Å². The van der Waals surface area contributed by atoms with Crippen molar-refractivity contribution in [3.05, 3.63) is 12.7 Å². The monoisotopic (exact) mass is 166 g/mol. The van der Waals surface area contributed by atoms with E-state index in [0.717, 1.165) is 17.8 Å².